The van der Waals surface area contributed by atoms with Crippen LogP contribution in [-0.4, -0.2) is 0 Å². The Labute approximate surface area is 127 Å². The Bertz CT molecular complexity index is 684. The zero-order chi connectivity index (χ0) is 14.9. The van der Waals surface area contributed by atoms with Crippen LogP contribution in [0.4, 0.5) is 0 Å². The molecule has 0 saturated heterocycles. The first-order chi connectivity index (χ1) is 10.1. The predicted molar refractivity (Wildman–Crippen MR) is 91.5 cm³/mol. The summed E-state index contributed by atoms with van der Waals surface area (Å²) in [6.45, 7) is 6.60. The van der Waals surface area contributed by atoms with E-state index in [9.17, 15) is 0 Å². The standard InChI is InChI=1S/C21H22/c1-16-4-6-18(7-5-16)19-8-10-20(11-9-19)21(3)14-12-17(2)13-15-21/h4-14H,15H2,1-3H3/t21-/m1/s1. The van der Waals surface area contributed by atoms with E-state index in [1.54, 1.807) is 0 Å². The third kappa shape index (κ3) is 2.85. The Morgan fingerprint density at radius 3 is 1.90 bits per heavy atom. The van der Waals surface area contributed by atoms with E-state index in [1.165, 1.54) is 27.8 Å². The van der Waals surface area contributed by atoms with E-state index in [0.29, 0.717) is 0 Å². The molecule has 2 aromatic carbocycles. The molecule has 0 nitrogen and oxygen atoms in total. The Hall–Kier alpha value is -2.08. The molecule has 0 radical (unpaired) electrons. The van der Waals surface area contributed by atoms with Gasteiger partial charge in [0, 0.05) is 5.41 Å². The lowest BCUT2D eigenvalue weighted by molar-refractivity contribution is 0.596. The molecule has 0 heterocycles. The van der Waals surface area contributed by atoms with E-state index in [0.717, 1.165) is 6.42 Å². The summed E-state index contributed by atoms with van der Waals surface area (Å²) in [7, 11) is 0. The Morgan fingerprint density at radius 1 is 0.810 bits per heavy atom. The van der Waals surface area contributed by atoms with Crippen LogP contribution in [0.5, 0.6) is 0 Å². The maximum atomic E-state index is 2.34. The van der Waals surface area contributed by atoms with E-state index in [2.05, 4.69) is 87.5 Å². The van der Waals surface area contributed by atoms with Crippen molar-refractivity contribution in [2.45, 2.75) is 32.6 Å². The minimum Gasteiger partial charge on any atom is -0.0804 e. The highest BCUT2D eigenvalue weighted by Crippen LogP contribution is 2.34. The van der Waals surface area contributed by atoms with Crippen LogP contribution in [0.15, 0.2) is 72.3 Å². The van der Waals surface area contributed by atoms with Crippen LogP contribution >= 0.6 is 0 Å². The van der Waals surface area contributed by atoms with Crippen LogP contribution in [-0.2, 0) is 5.41 Å². The van der Waals surface area contributed by atoms with Gasteiger partial charge in [0.1, 0.15) is 0 Å². The van der Waals surface area contributed by atoms with E-state index < -0.39 is 0 Å². The first-order valence-electron chi connectivity index (χ1n) is 7.60. The largest absolute Gasteiger partial charge is 0.0804 e. The first-order valence-corrected chi connectivity index (χ1v) is 7.60. The average molecular weight is 274 g/mol. The Balaban J connectivity index is 1.88. The van der Waals surface area contributed by atoms with E-state index in [4.69, 9.17) is 0 Å². The van der Waals surface area contributed by atoms with Crippen molar-refractivity contribution < 1.29 is 0 Å². The van der Waals surface area contributed by atoms with Gasteiger partial charge in [0.05, 0.1) is 0 Å². The van der Waals surface area contributed by atoms with Crippen molar-refractivity contribution in [1.29, 1.82) is 0 Å². The summed E-state index contributed by atoms with van der Waals surface area (Å²) in [5.74, 6) is 0. The molecule has 0 unspecified atom stereocenters. The normalized spacial score (nSPS) is 21.2. The summed E-state index contributed by atoms with van der Waals surface area (Å²) in [4.78, 5) is 0. The molecule has 0 heteroatoms. The van der Waals surface area contributed by atoms with Gasteiger partial charge in [-0.05, 0) is 37.0 Å². The number of hydrogen-bond donors (Lipinski definition) is 0. The summed E-state index contributed by atoms with van der Waals surface area (Å²) in [5.41, 5.74) is 6.76. The van der Waals surface area contributed by atoms with Crippen molar-refractivity contribution in [1.82, 2.24) is 0 Å². The molecule has 0 aromatic heterocycles. The molecule has 0 fully saturated rings. The predicted octanol–water partition coefficient (Wildman–Crippen LogP) is 5.83. The van der Waals surface area contributed by atoms with Crippen molar-refractivity contribution in [2.24, 2.45) is 0 Å². The highest BCUT2D eigenvalue weighted by atomic mass is 14.3. The maximum Gasteiger partial charge on any atom is 0.0141 e. The average Bonchev–Trinajstić information content (AvgIpc) is 2.51. The molecular weight excluding hydrogens is 252 g/mol. The zero-order valence-corrected chi connectivity index (χ0v) is 13.1. The third-order valence-electron chi connectivity index (χ3n) is 4.49. The second-order valence-electron chi connectivity index (χ2n) is 6.35. The quantitative estimate of drug-likeness (QED) is 0.646. The summed E-state index contributed by atoms with van der Waals surface area (Å²) in [6, 6.07) is 17.7. The highest BCUT2D eigenvalue weighted by Gasteiger charge is 2.24. The molecule has 3 rings (SSSR count). The number of aryl methyl sites for hydroxylation is 1. The molecule has 21 heavy (non-hydrogen) atoms. The zero-order valence-electron chi connectivity index (χ0n) is 13.1. The highest BCUT2D eigenvalue weighted by molar-refractivity contribution is 5.64. The summed E-state index contributed by atoms with van der Waals surface area (Å²) in [6.07, 6.45) is 7.98. The molecule has 0 amide bonds. The molecule has 0 aliphatic heterocycles. The first kappa shape index (κ1) is 13.9. The molecule has 0 saturated carbocycles. The van der Waals surface area contributed by atoms with Gasteiger partial charge in [0.25, 0.3) is 0 Å². The van der Waals surface area contributed by atoms with Crippen molar-refractivity contribution in [3.05, 3.63) is 83.5 Å². The van der Waals surface area contributed by atoms with Gasteiger partial charge in [-0.25, -0.2) is 0 Å². The molecule has 0 N–H and O–H groups in total. The fraction of sp³-hybridized carbons (Fsp3) is 0.238. The van der Waals surface area contributed by atoms with E-state index in [1.807, 2.05) is 0 Å². The SMILES string of the molecule is CC1=CC[C@](C)(c2ccc(-c3ccc(C)cc3)cc2)C=C1. The second kappa shape index (κ2) is 5.37. The van der Waals surface area contributed by atoms with Gasteiger partial charge in [-0.2, -0.15) is 0 Å². The minimum atomic E-state index is 0.130. The Morgan fingerprint density at radius 2 is 1.38 bits per heavy atom. The van der Waals surface area contributed by atoms with Crippen LogP contribution in [0.3, 0.4) is 0 Å². The maximum absolute atomic E-state index is 2.34. The number of allylic oxidation sites excluding steroid dienone is 4. The second-order valence-corrected chi connectivity index (χ2v) is 6.35. The molecule has 1 aliphatic carbocycles. The third-order valence-corrected chi connectivity index (χ3v) is 4.49. The number of benzene rings is 2. The molecule has 2 aromatic rings. The summed E-state index contributed by atoms with van der Waals surface area (Å²) < 4.78 is 0. The van der Waals surface area contributed by atoms with Crippen molar-refractivity contribution in [2.75, 3.05) is 0 Å². The molecule has 0 spiro atoms. The fourth-order valence-electron chi connectivity index (χ4n) is 2.83. The van der Waals surface area contributed by atoms with Gasteiger partial charge in [-0.1, -0.05) is 84.8 Å². The molecule has 1 aliphatic rings. The van der Waals surface area contributed by atoms with Gasteiger partial charge in [-0.3, -0.25) is 0 Å². The number of hydrogen-bond acceptors (Lipinski definition) is 0. The van der Waals surface area contributed by atoms with Gasteiger partial charge >= 0.3 is 0 Å². The van der Waals surface area contributed by atoms with Gasteiger partial charge in [0.15, 0.2) is 0 Å². The van der Waals surface area contributed by atoms with Crippen molar-refractivity contribution >= 4 is 0 Å². The molecule has 106 valence electrons. The van der Waals surface area contributed by atoms with Crippen LogP contribution < -0.4 is 0 Å². The summed E-state index contributed by atoms with van der Waals surface area (Å²) in [5, 5.41) is 0. The van der Waals surface area contributed by atoms with Crippen molar-refractivity contribution in [3.8, 4) is 11.1 Å². The lowest BCUT2D eigenvalue weighted by atomic mass is 9.76. The van der Waals surface area contributed by atoms with Crippen LogP contribution in [0.1, 0.15) is 31.4 Å². The van der Waals surface area contributed by atoms with Gasteiger partial charge in [0.2, 0.25) is 0 Å². The molecule has 1 atom stereocenters. The monoisotopic (exact) mass is 274 g/mol. The van der Waals surface area contributed by atoms with Gasteiger partial charge < -0.3 is 0 Å². The van der Waals surface area contributed by atoms with Crippen molar-refractivity contribution in [3.63, 3.8) is 0 Å². The van der Waals surface area contributed by atoms with Crippen LogP contribution in [0.2, 0.25) is 0 Å². The van der Waals surface area contributed by atoms with Crippen LogP contribution in [0, 0.1) is 6.92 Å². The smallest absolute Gasteiger partial charge is 0.0141 e. The summed E-state index contributed by atoms with van der Waals surface area (Å²) >= 11 is 0. The molecule has 0 bridgehead atoms. The topological polar surface area (TPSA) is 0 Å². The van der Waals surface area contributed by atoms with Crippen LogP contribution in [0.25, 0.3) is 11.1 Å². The van der Waals surface area contributed by atoms with Gasteiger partial charge in [-0.15, -0.1) is 0 Å². The molecular formula is C21H22. The van der Waals surface area contributed by atoms with E-state index >= 15 is 0 Å². The minimum absolute atomic E-state index is 0.130. The van der Waals surface area contributed by atoms with E-state index in [-0.39, 0.29) is 5.41 Å². The Kier molecular flexibility index (Phi) is 3.55. The lowest BCUT2D eigenvalue weighted by Crippen LogP contribution is -2.19. The lowest BCUT2D eigenvalue weighted by Gasteiger charge is -2.28. The number of rotatable bonds is 2. The fourth-order valence-corrected chi connectivity index (χ4v) is 2.83.